The van der Waals surface area contributed by atoms with Crippen LogP contribution in [-0.2, 0) is 12.8 Å². The smallest absolute Gasteiger partial charge is 0.0537 e. The molecule has 5 aromatic carbocycles. The highest BCUT2D eigenvalue weighted by Crippen LogP contribution is 2.45. The van der Waals surface area contributed by atoms with Crippen molar-refractivity contribution >= 4 is 44.5 Å². The summed E-state index contributed by atoms with van der Waals surface area (Å²) in [6, 6.07) is 38.4. The van der Waals surface area contributed by atoms with E-state index < -0.39 is 0 Å². The topological polar surface area (TPSA) is 8.17 Å². The standard InChI is InChI=1S/C53H44N2/c1-6-10-17-41(8-3)55-52-20-14-13-19-50(52)51-34-38(21-28-53(51)55)46-25-22-42(29-35(46)5)54(43-23-26-48-39(32-43)30-36(15-7-2)45(48)9-4)44-24-27-49-40(33-44)31-37-16-11-12-18-47(37)49/h1,4,7-8,11-16,18-29,32-35,46H,10,17,30-31H2,2-3,5H3/b15-7-,41-8+. The second kappa shape index (κ2) is 14.1. The molecule has 2 unspecified atom stereocenters. The molecule has 0 radical (unpaired) electrons. The van der Waals surface area contributed by atoms with E-state index >= 15 is 0 Å². The summed E-state index contributed by atoms with van der Waals surface area (Å²) in [5, 5.41) is 2.55. The van der Waals surface area contributed by atoms with Gasteiger partial charge in [-0.2, -0.15) is 0 Å². The summed E-state index contributed by atoms with van der Waals surface area (Å²) in [4.78, 5) is 2.45. The van der Waals surface area contributed by atoms with Gasteiger partial charge < -0.3 is 9.47 Å². The molecule has 0 fully saturated rings. The van der Waals surface area contributed by atoms with Gasteiger partial charge in [0, 0.05) is 51.5 Å². The van der Waals surface area contributed by atoms with E-state index in [-0.39, 0.29) is 11.8 Å². The fourth-order valence-corrected chi connectivity index (χ4v) is 9.27. The molecule has 6 aromatic rings. The van der Waals surface area contributed by atoms with Gasteiger partial charge in [0.15, 0.2) is 0 Å². The van der Waals surface area contributed by atoms with Gasteiger partial charge in [0.25, 0.3) is 0 Å². The fraction of sp³-hybridized carbons (Fsp3) is 0.170. The number of anilines is 2. The summed E-state index contributed by atoms with van der Waals surface area (Å²) in [6.45, 7) is 6.52. The molecule has 55 heavy (non-hydrogen) atoms. The van der Waals surface area contributed by atoms with Gasteiger partial charge in [-0.05, 0) is 132 Å². The Labute approximate surface area is 325 Å². The van der Waals surface area contributed by atoms with Gasteiger partial charge in [0.2, 0.25) is 0 Å². The molecule has 0 saturated carbocycles. The van der Waals surface area contributed by atoms with E-state index in [2.05, 4.69) is 182 Å². The molecule has 2 atom stereocenters. The van der Waals surface area contributed by atoms with Crippen LogP contribution in [0.3, 0.4) is 0 Å². The summed E-state index contributed by atoms with van der Waals surface area (Å²) in [5.74, 6) is 6.31. The lowest BCUT2D eigenvalue weighted by Gasteiger charge is -2.32. The summed E-state index contributed by atoms with van der Waals surface area (Å²) >= 11 is 0. The zero-order valence-electron chi connectivity index (χ0n) is 31.8. The van der Waals surface area contributed by atoms with E-state index in [9.17, 15) is 0 Å². The van der Waals surface area contributed by atoms with Crippen LogP contribution in [0.15, 0.2) is 151 Å². The second-order valence-electron chi connectivity index (χ2n) is 15.0. The molecular formula is C53H44N2. The molecule has 2 heteroatoms. The third-order valence-electron chi connectivity index (χ3n) is 11.8. The maximum atomic E-state index is 6.06. The van der Waals surface area contributed by atoms with Gasteiger partial charge in [-0.15, -0.1) is 18.8 Å². The number of benzene rings is 5. The average molecular weight is 709 g/mol. The Morgan fingerprint density at radius 3 is 2.27 bits per heavy atom. The molecule has 2 nitrogen and oxygen atoms in total. The van der Waals surface area contributed by atoms with Crippen LogP contribution >= 0.6 is 0 Å². The third kappa shape index (κ3) is 5.78. The van der Waals surface area contributed by atoms with Gasteiger partial charge in [0.05, 0.1) is 11.0 Å². The van der Waals surface area contributed by atoms with Crippen molar-refractivity contribution in [3.63, 3.8) is 0 Å². The van der Waals surface area contributed by atoms with Crippen LogP contribution < -0.4 is 4.90 Å². The van der Waals surface area contributed by atoms with Crippen molar-refractivity contribution in [3.8, 4) is 35.8 Å². The monoisotopic (exact) mass is 708 g/mol. The van der Waals surface area contributed by atoms with Crippen molar-refractivity contribution in [1.82, 2.24) is 4.57 Å². The lowest BCUT2D eigenvalue weighted by Crippen LogP contribution is -2.20. The molecule has 3 aliphatic carbocycles. The molecule has 0 aliphatic heterocycles. The maximum absolute atomic E-state index is 6.06. The minimum atomic E-state index is 0.236. The number of terminal acetylenes is 2. The Morgan fingerprint density at radius 2 is 1.51 bits per heavy atom. The highest BCUT2D eigenvalue weighted by Gasteiger charge is 2.27. The van der Waals surface area contributed by atoms with Crippen LogP contribution in [0.1, 0.15) is 67.3 Å². The minimum Gasteiger partial charge on any atom is -0.313 e. The van der Waals surface area contributed by atoms with Gasteiger partial charge in [0.1, 0.15) is 0 Å². The first-order valence-electron chi connectivity index (χ1n) is 19.5. The van der Waals surface area contributed by atoms with Gasteiger partial charge >= 0.3 is 0 Å². The van der Waals surface area contributed by atoms with Crippen LogP contribution in [-0.4, -0.2) is 4.57 Å². The van der Waals surface area contributed by atoms with Crippen molar-refractivity contribution < 1.29 is 0 Å². The zero-order chi connectivity index (χ0) is 37.6. The predicted molar refractivity (Wildman–Crippen MR) is 234 cm³/mol. The lowest BCUT2D eigenvalue weighted by molar-refractivity contribution is 0.629. The van der Waals surface area contributed by atoms with Crippen molar-refractivity contribution in [1.29, 1.82) is 0 Å². The Morgan fingerprint density at radius 1 is 0.782 bits per heavy atom. The summed E-state index contributed by atoms with van der Waals surface area (Å²) in [6.07, 6.45) is 28.7. The molecular weight excluding hydrogens is 665 g/mol. The number of rotatable bonds is 8. The number of hydrogen-bond donors (Lipinski definition) is 0. The van der Waals surface area contributed by atoms with Crippen molar-refractivity contribution in [2.45, 2.75) is 52.4 Å². The normalized spacial score (nSPS) is 17.3. The van der Waals surface area contributed by atoms with Crippen molar-refractivity contribution in [2.75, 3.05) is 4.90 Å². The highest BCUT2D eigenvalue weighted by atomic mass is 15.1. The highest BCUT2D eigenvalue weighted by molar-refractivity contribution is 6.10. The Balaban J connectivity index is 1.10. The number of nitrogens with zero attached hydrogens (tertiary/aromatic N) is 2. The third-order valence-corrected chi connectivity index (χ3v) is 11.8. The summed E-state index contributed by atoms with van der Waals surface area (Å²) in [7, 11) is 0. The molecule has 0 bridgehead atoms. The number of fused-ring (bicyclic) bond motifs is 7. The van der Waals surface area contributed by atoms with E-state index in [1.54, 1.807) is 0 Å². The first-order chi connectivity index (χ1) is 27.0. The average Bonchev–Trinajstić information content (AvgIpc) is 3.87. The predicted octanol–water partition coefficient (Wildman–Crippen LogP) is 13.2. The van der Waals surface area contributed by atoms with E-state index in [0.717, 1.165) is 30.5 Å². The fourth-order valence-electron chi connectivity index (χ4n) is 9.27. The molecule has 266 valence electrons. The zero-order valence-corrected chi connectivity index (χ0v) is 31.8. The molecule has 1 aromatic heterocycles. The number of para-hydroxylation sites is 1. The van der Waals surface area contributed by atoms with Crippen LogP contribution in [0.5, 0.6) is 0 Å². The number of aromatic nitrogens is 1. The van der Waals surface area contributed by atoms with E-state index in [1.165, 1.54) is 83.4 Å². The van der Waals surface area contributed by atoms with E-state index in [1.807, 2.05) is 0 Å². The van der Waals surface area contributed by atoms with Crippen LogP contribution in [0, 0.1) is 30.6 Å². The SMILES string of the molecule is C#CCC/C(=C\C)n1c2ccccc2c2cc(C3C=CC(N(c4ccc5c(c4)CC(/C=C\C)=C5C#C)c4ccc5c(c4)Cc4ccccc4-5)=CC3C)ccc21. The van der Waals surface area contributed by atoms with Crippen molar-refractivity contribution in [3.05, 3.63) is 179 Å². The molecule has 0 N–H and O–H groups in total. The maximum Gasteiger partial charge on any atom is 0.0537 e. The molecule has 0 amide bonds. The largest absolute Gasteiger partial charge is 0.313 e. The van der Waals surface area contributed by atoms with E-state index in [4.69, 9.17) is 12.8 Å². The van der Waals surface area contributed by atoms with Crippen LogP contribution in [0.25, 0.3) is 44.2 Å². The minimum absolute atomic E-state index is 0.236. The number of allylic oxidation sites excluding steroid dienone is 9. The number of hydrogen-bond acceptors (Lipinski definition) is 1. The Hall–Kier alpha value is -6.48. The lowest BCUT2D eigenvalue weighted by atomic mass is 9.82. The first kappa shape index (κ1) is 34.3. The van der Waals surface area contributed by atoms with Gasteiger partial charge in [-0.3, -0.25) is 0 Å². The Kier molecular flexibility index (Phi) is 8.77. The molecule has 3 aliphatic rings. The van der Waals surface area contributed by atoms with Gasteiger partial charge in [-0.1, -0.05) is 104 Å². The Bertz CT molecular complexity index is 2780. The summed E-state index contributed by atoms with van der Waals surface area (Å²) in [5.41, 5.74) is 18.6. The molecule has 0 saturated heterocycles. The van der Waals surface area contributed by atoms with E-state index in [0.29, 0.717) is 6.42 Å². The quantitative estimate of drug-likeness (QED) is 0.143. The first-order valence-corrected chi connectivity index (χ1v) is 19.5. The second-order valence-corrected chi connectivity index (χ2v) is 15.0. The van der Waals surface area contributed by atoms with Crippen LogP contribution in [0.2, 0.25) is 0 Å². The summed E-state index contributed by atoms with van der Waals surface area (Å²) < 4.78 is 2.40. The van der Waals surface area contributed by atoms with Gasteiger partial charge in [-0.25, -0.2) is 0 Å². The molecule has 0 spiro atoms. The van der Waals surface area contributed by atoms with Crippen molar-refractivity contribution in [2.24, 2.45) is 5.92 Å². The van der Waals surface area contributed by atoms with Crippen LogP contribution in [0.4, 0.5) is 11.4 Å². The molecule has 1 heterocycles. The molecule has 9 rings (SSSR count).